The summed E-state index contributed by atoms with van der Waals surface area (Å²) in [5.74, 6) is 0.206. The zero-order chi connectivity index (χ0) is 12.4. The topological polar surface area (TPSA) is 32.3 Å². The van der Waals surface area contributed by atoms with E-state index in [1.54, 1.807) is 11.3 Å². The number of rotatable bonds is 2. The Morgan fingerprint density at radius 1 is 1.47 bits per heavy atom. The third-order valence-electron chi connectivity index (χ3n) is 3.17. The average Bonchev–Trinajstić information content (AvgIpc) is 2.74. The third kappa shape index (κ3) is 2.69. The molecule has 2 atom stereocenters. The molecule has 0 aromatic carbocycles. The molecule has 0 radical (unpaired) electrons. The van der Waals surface area contributed by atoms with E-state index in [9.17, 15) is 4.79 Å². The SMILES string of the molecule is CCc1ccsc1C(=O)N1C[C@@H](C)N[C@H](C)C1. The fourth-order valence-electron chi connectivity index (χ4n) is 2.44. The van der Waals surface area contributed by atoms with Gasteiger partial charge in [0.05, 0.1) is 4.88 Å². The van der Waals surface area contributed by atoms with E-state index in [4.69, 9.17) is 0 Å². The Balaban J connectivity index is 2.14. The third-order valence-corrected chi connectivity index (χ3v) is 4.11. The standard InChI is InChI=1S/C13H20N2OS/c1-4-11-5-6-17-12(11)13(16)15-7-9(2)14-10(3)8-15/h5-6,9-10,14H,4,7-8H2,1-3H3/t9-,10-/m1/s1. The van der Waals surface area contributed by atoms with Crippen molar-refractivity contribution in [1.82, 2.24) is 10.2 Å². The fraction of sp³-hybridized carbons (Fsp3) is 0.615. The summed E-state index contributed by atoms with van der Waals surface area (Å²) >= 11 is 1.57. The van der Waals surface area contributed by atoms with Gasteiger partial charge in [0.1, 0.15) is 0 Å². The van der Waals surface area contributed by atoms with E-state index in [1.807, 2.05) is 10.3 Å². The van der Waals surface area contributed by atoms with Gasteiger partial charge in [0, 0.05) is 25.2 Å². The van der Waals surface area contributed by atoms with Crippen molar-refractivity contribution in [3.8, 4) is 0 Å². The largest absolute Gasteiger partial charge is 0.335 e. The molecule has 1 aliphatic heterocycles. The molecule has 2 heterocycles. The van der Waals surface area contributed by atoms with Crippen LogP contribution in [0.15, 0.2) is 11.4 Å². The van der Waals surface area contributed by atoms with Crippen LogP contribution in [0.2, 0.25) is 0 Å². The lowest BCUT2D eigenvalue weighted by Crippen LogP contribution is -2.55. The van der Waals surface area contributed by atoms with Crippen molar-refractivity contribution < 1.29 is 4.79 Å². The van der Waals surface area contributed by atoms with Gasteiger partial charge in [-0.25, -0.2) is 0 Å². The minimum Gasteiger partial charge on any atom is -0.335 e. The van der Waals surface area contributed by atoms with Crippen LogP contribution >= 0.6 is 11.3 Å². The quantitative estimate of drug-likeness (QED) is 0.874. The molecule has 2 rings (SSSR count). The number of hydrogen-bond donors (Lipinski definition) is 1. The van der Waals surface area contributed by atoms with E-state index in [0.29, 0.717) is 12.1 Å². The van der Waals surface area contributed by atoms with Gasteiger partial charge in [-0.3, -0.25) is 4.79 Å². The summed E-state index contributed by atoms with van der Waals surface area (Å²) in [5, 5.41) is 5.46. The summed E-state index contributed by atoms with van der Waals surface area (Å²) < 4.78 is 0. The highest BCUT2D eigenvalue weighted by molar-refractivity contribution is 7.12. The number of thiophene rings is 1. The maximum atomic E-state index is 12.4. The second-order valence-corrected chi connectivity index (χ2v) is 5.72. The van der Waals surface area contributed by atoms with Crippen LogP contribution in [0.3, 0.4) is 0 Å². The van der Waals surface area contributed by atoms with E-state index in [-0.39, 0.29) is 5.91 Å². The van der Waals surface area contributed by atoms with Crippen LogP contribution in [0.4, 0.5) is 0 Å². The molecule has 3 nitrogen and oxygen atoms in total. The van der Waals surface area contributed by atoms with Crippen LogP contribution in [0.1, 0.15) is 36.0 Å². The number of aryl methyl sites for hydroxylation is 1. The van der Waals surface area contributed by atoms with Crippen molar-refractivity contribution in [2.24, 2.45) is 0 Å². The van der Waals surface area contributed by atoms with Gasteiger partial charge in [0.15, 0.2) is 0 Å². The molecule has 94 valence electrons. The van der Waals surface area contributed by atoms with Gasteiger partial charge in [-0.15, -0.1) is 11.3 Å². The molecule has 1 aromatic heterocycles. The van der Waals surface area contributed by atoms with Crippen LogP contribution in [-0.4, -0.2) is 36.0 Å². The summed E-state index contributed by atoms with van der Waals surface area (Å²) in [7, 11) is 0. The number of nitrogens with zero attached hydrogens (tertiary/aromatic N) is 1. The number of amides is 1. The predicted octanol–water partition coefficient (Wildman–Crippen LogP) is 2.13. The first-order chi connectivity index (χ1) is 8.11. The second-order valence-electron chi connectivity index (χ2n) is 4.81. The molecule has 1 aromatic rings. The van der Waals surface area contributed by atoms with Crippen molar-refractivity contribution in [3.63, 3.8) is 0 Å². The molecule has 0 aliphatic carbocycles. The van der Waals surface area contributed by atoms with Crippen LogP contribution in [0.25, 0.3) is 0 Å². The molecule has 0 saturated carbocycles. The van der Waals surface area contributed by atoms with Crippen LogP contribution in [0.5, 0.6) is 0 Å². The van der Waals surface area contributed by atoms with Crippen molar-refractivity contribution in [1.29, 1.82) is 0 Å². The molecular weight excluding hydrogens is 232 g/mol. The van der Waals surface area contributed by atoms with Crippen LogP contribution in [-0.2, 0) is 6.42 Å². The minimum absolute atomic E-state index is 0.206. The van der Waals surface area contributed by atoms with E-state index in [1.165, 1.54) is 5.56 Å². The highest BCUT2D eigenvalue weighted by Gasteiger charge is 2.27. The molecule has 0 bridgehead atoms. The van der Waals surface area contributed by atoms with Gasteiger partial charge >= 0.3 is 0 Å². The van der Waals surface area contributed by atoms with Crippen molar-refractivity contribution in [2.45, 2.75) is 39.3 Å². The fourth-order valence-corrected chi connectivity index (χ4v) is 3.40. The molecule has 17 heavy (non-hydrogen) atoms. The predicted molar refractivity (Wildman–Crippen MR) is 71.7 cm³/mol. The second kappa shape index (κ2) is 5.19. The molecular formula is C13H20N2OS. The van der Waals surface area contributed by atoms with E-state index >= 15 is 0 Å². The monoisotopic (exact) mass is 252 g/mol. The van der Waals surface area contributed by atoms with Crippen LogP contribution < -0.4 is 5.32 Å². The molecule has 1 fully saturated rings. The van der Waals surface area contributed by atoms with Gasteiger partial charge in [-0.2, -0.15) is 0 Å². The van der Waals surface area contributed by atoms with Gasteiger partial charge in [0.2, 0.25) is 0 Å². The summed E-state index contributed by atoms with van der Waals surface area (Å²) in [5.41, 5.74) is 1.18. The Morgan fingerprint density at radius 2 is 2.12 bits per heavy atom. The maximum Gasteiger partial charge on any atom is 0.264 e. The molecule has 1 saturated heterocycles. The van der Waals surface area contributed by atoms with Gasteiger partial charge in [0.25, 0.3) is 5.91 Å². The normalized spacial score (nSPS) is 25.0. The first-order valence-electron chi connectivity index (χ1n) is 6.23. The molecule has 0 unspecified atom stereocenters. The lowest BCUT2D eigenvalue weighted by molar-refractivity contribution is 0.0678. The maximum absolute atomic E-state index is 12.4. The average molecular weight is 252 g/mol. The van der Waals surface area contributed by atoms with Gasteiger partial charge < -0.3 is 10.2 Å². The molecule has 4 heteroatoms. The van der Waals surface area contributed by atoms with Crippen molar-refractivity contribution in [2.75, 3.05) is 13.1 Å². The number of piperazine rings is 1. The molecule has 1 amide bonds. The molecule has 1 aliphatic rings. The van der Waals surface area contributed by atoms with Gasteiger partial charge in [-0.05, 0) is 37.3 Å². The number of carbonyl (C=O) groups is 1. The summed E-state index contributed by atoms with van der Waals surface area (Å²) in [6.45, 7) is 7.98. The first kappa shape index (κ1) is 12.6. The van der Waals surface area contributed by atoms with Crippen molar-refractivity contribution >= 4 is 17.2 Å². The highest BCUT2D eigenvalue weighted by atomic mass is 32.1. The number of carbonyl (C=O) groups excluding carboxylic acids is 1. The Kier molecular flexibility index (Phi) is 3.84. The minimum atomic E-state index is 0.206. The van der Waals surface area contributed by atoms with Crippen molar-refractivity contribution in [3.05, 3.63) is 21.9 Å². The summed E-state index contributed by atoms with van der Waals surface area (Å²) in [6, 6.07) is 2.83. The highest BCUT2D eigenvalue weighted by Crippen LogP contribution is 2.20. The van der Waals surface area contributed by atoms with Gasteiger partial charge in [-0.1, -0.05) is 6.92 Å². The van der Waals surface area contributed by atoms with E-state index in [0.717, 1.165) is 24.4 Å². The molecule has 0 spiro atoms. The number of hydrogen-bond acceptors (Lipinski definition) is 3. The summed E-state index contributed by atoms with van der Waals surface area (Å²) in [6.07, 6.45) is 0.932. The Hall–Kier alpha value is -0.870. The van der Waals surface area contributed by atoms with Crippen LogP contribution in [0, 0.1) is 0 Å². The Labute approximate surface area is 107 Å². The lowest BCUT2D eigenvalue weighted by Gasteiger charge is -2.36. The number of nitrogens with one attached hydrogen (secondary N) is 1. The molecule has 1 N–H and O–H groups in total. The smallest absolute Gasteiger partial charge is 0.264 e. The Morgan fingerprint density at radius 3 is 2.71 bits per heavy atom. The van der Waals surface area contributed by atoms with E-state index in [2.05, 4.69) is 32.2 Å². The van der Waals surface area contributed by atoms with E-state index < -0.39 is 0 Å². The summed E-state index contributed by atoms with van der Waals surface area (Å²) in [4.78, 5) is 15.3. The Bertz CT molecular complexity index is 392. The lowest BCUT2D eigenvalue weighted by atomic mass is 10.1. The first-order valence-corrected chi connectivity index (χ1v) is 7.11. The zero-order valence-electron chi connectivity index (χ0n) is 10.7. The zero-order valence-corrected chi connectivity index (χ0v) is 11.5.